The molecule has 0 radical (unpaired) electrons. The van der Waals surface area contributed by atoms with Crippen molar-refractivity contribution in [2.45, 2.75) is 32.4 Å². The molecule has 0 saturated carbocycles. The summed E-state index contributed by atoms with van der Waals surface area (Å²) >= 11 is 0. The molecule has 0 bridgehead atoms. The Morgan fingerprint density at radius 1 is 1.06 bits per heavy atom. The Balaban J connectivity index is 1.80. The molecule has 1 amide bonds. The minimum absolute atomic E-state index is 0.0647. The predicted molar refractivity (Wildman–Crippen MR) is 123 cm³/mol. The second kappa shape index (κ2) is 9.32. The highest BCUT2D eigenvalue weighted by atomic mass is 16.5. The van der Waals surface area contributed by atoms with Crippen LogP contribution in [-0.2, 0) is 14.3 Å². The zero-order valence-electron chi connectivity index (χ0n) is 18.2. The SMILES string of the molecule is CC(C)OCCCN1C(=O)C(=O)/C(=C(\O)c2cccc3ccccc23)C1c1ccccn1. The molecule has 6 nitrogen and oxygen atoms in total. The number of carbonyl (C=O) groups excluding carboxylic acids is 2. The van der Waals surface area contributed by atoms with E-state index in [1.165, 1.54) is 4.90 Å². The number of ketones is 1. The Bertz CT molecular complexity index is 1170. The smallest absolute Gasteiger partial charge is 0.295 e. The lowest BCUT2D eigenvalue weighted by Crippen LogP contribution is -2.31. The molecule has 2 aromatic carbocycles. The summed E-state index contributed by atoms with van der Waals surface area (Å²) in [6.45, 7) is 4.69. The van der Waals surface area contributed by atoms with E-state index in [2.05, 4.69) is 4.98 Å². The third-order valence-corrected chi connectivity index (χ3v) is 5.55. The molecule has 6 heteroatoms. The number of aliphatic hydroxyl groups is 1. The van der Waals surface area contributed by atoms with Crippen LogP contribution in [0.3, 0.4) is 0 Å². The topological polar surface area (TPSA) is 79.7 Å². The quantitative estimate of drug-likeness (QED) is 0.259. The monoisotopic (exact) mass is 430 g/mol. The molecular formula is C26H26N2O4. The van der Waals surface area contributed by atoms with Crippen LogP contribution in [0.5, 0.6) is 0 Å². The first-order chi connectivity index (χ1) is 15.5. The number of amides is 1. The van der Waals surface area contributed by atoms with Gasteiger partial charge in [-0.05, 0) is 43.2 Å². The first-order valence-corrected chi connectivity index (χ1v) is 10.8. The zero-order chi connectivity index (χ0) is 22.7. The fourth-order valence-electron chi connectivity index (χ4n) is 4.09. The number of pyridine rings is 1. The van der Waals surface area contributed by atoms with Crippen LogP contribution in [0.4, 0.5) is 0 Å². The number of aromatic nitrogens is 1. The van der Waals surface area contributed by atoms with Gasteiger partial charge in [0.1, 0.15) is 11.8 Å². The van der Waals surface area contributed by atoms with E-state index in [1.807, 2.05) is 56.3 Å². The molecule has 1 atom stereocenters. The van der Waals surface area contributed by atoms with Crippen LogP contribution in [0.25, 0.3) is 16.5 Å². The molecule has 1 saturated heterocycles. The van der Waals surface area contributed by atoms with Gasteiger partial charge >= 0.3 is 0 Å². The number of hydrogen-bond acceptors (Lipinski definition) is 5. The molecule has 0 aliphatic carbocycles. The minimum Gasteiger partial charge on any atom is -0.507 e. The van der Waals surface area contributed by atoms with Crippen LogP contribution >= 0.6 is 0 Å². The molecule has 1 N–H and O–H groups in total. The first kappa shape index (κ1) is 21.7. The van der Waals surface area contributed by atoms with E-state index in [0.29, 0.717) is 30.8 Å². The molecule has 0 spiro atoms. The van der Waals surface area contributed by atoms with Gasteiger partial charge in [0.2, 0.25) is 0 Å². The lowest BCUT2D eigenvalue weighted by molar-refractivity contribution is -0.140. The van der Waals surface area contributed by atoms with Crippen molar-refractivity contribution in [1.82, 2.24) is 9.88 Å². The van der Waals surface area contributed by atoms with Crippen molar-refractivity contribution in [3.63, 3.8) is 0 Å². The maximum Gasteiger partial charge on any atom is 0.295 e. The van der Waals surface area contributed by atoms with E-state index in [0.717, 1.165) is 10.8 Å². The van der Waals surface area contributed by atoms with Crippen LogP contribution in [0.1, 0.15) is 37.6 Å². The van der Waals surface area contributed by atoms with E-state index in [-0.39, 0.29) is 17.4 Å². The van der Waals surface area contributed by atoms with Gasteiger partial charge in [0.25, 0.3) is 11.7 Å². The van der Waals surface area contributed by atoms with Crippen LogP contribution < -0.4 is 0 Å². The van der Waals surface area contributed by atoms with E-state index < -0.39 is 17.7 Å². The number of benzene rings is 2. The van der Waals surface area contributed by atoms with E-state index >= 15 is 0 Å². The first-order valence-electron chi connectivity index (χ1n) is 10.8. The fraction of sp³-hybridized carbons (Fsp3) is 0.269. The van der Waals surface area contributed by atoms with Gasteiger partial charge in [-0.25, -0.2) is 0 Å². The summed E-state index contributed by atoms with van der Waals surface area (Å²) in [6, 6.07) is 17.7. The Labute approximate surface area is 187 Å². The summed E-state index contributed by atoms with van der Waals surface area (Å²) in [4.78, 5) is 32.0. The predicted octanol–water partition coefficient (Wildman–Crippen LogP) is 4.47. The van der Waals surface area contributed by atoms with Crippen molar-refractivity contribution >= 4 is 28.2 Å². The number of ether oxygens (including phenoxy) is 1. The standard InChI is InChI=1S/C26H26N2O4/c1-17(2)32-16-8-15-28-23(21-13-5-6-14-27-21)22(25(30)26(28)31)24(29)20-12-7-10-18-9-3-4-11-19(18)20/h3-7,9-14,17,23,29H,8,15-16H2,1-2H3/b24-22-. The highest BCUT2D eigenvalue weighted by Crippen LogP contribution is 2.39. The van der Waals surface area contributed by atoms with Gasteiger partial charge in [-0.1, -0.05) is 48.5 Å². The van der Waals surface area contributed by atoms with E-state index in [1.54, 1.807) is 24.4 Å². The number of carbonyl (C=O) groups is 2. The molecule has 4 rings (SSSR count). The van der Waals surface area contributed by atoms with E-state index in [4.69, 9.17) is 4.74 Å². The Morgan fingerprint density at radius 3 is 2.56 bits per heavy atom. The largest absolute Gasteiger partial charge is 0.507 e. The van der Waals surface area contributed by atoms with Crippen molar-refractivity contribution in [3.8, 4) is 0 Å². The third kappa shape index (κ3) is 4.14. The van der Waals surface area contributed by atoms with Crippen molar-refractivity contribution in [2.24, 2.45) is 0 Å². The molecular weight excluding hydrogens is 404 g/mol. The van der Waals surface area contributed by atoms with Gasteiger partial charge in [0.05, 0.1) is 17.4 Å². The number of aliphatic hydroxyl groups excluding tert-OH is 1. The summed E-state index contributed by atoms with van der Waals surface area (Å²) < 4.78 is 5.60. The van der Waals surface area contributed by atoms with Crippen LogP contribution in [-0.4, -0.2) is 45.9 Å². The number of rotatable bonds is 7. The summed E-state index contributed by atoms with van der Waals surface area (Å²) in [6.07, 6.45) is 2.28. The van der Waals surface area contributed by atoms with Gasteiger partial charge in [-0.2, -0.15) is 0 Å². The van der Waals surface area contributed by atoms with Gasteiger partial charge in [-0.15, -0.1) is 0 Å². The van der Waals surface area contributed by atoms with Crippen LogP contribution in [0.2, 0.25) is 0 Å². The van der Waals surface area contributed by atoms with Crippen molar-refractivity contribution in [3.05, 3.63) is 83.7 Å². The van der Waals surface area contributed by atoms with Gasteiger partial charge in [0, 0.05) is 24.9 Å². The summed E-state index contributed by atoms with van der Waals surface area (Å²) in [7, 11) is 0. The van der Waals surface area contributed by atoms with E-state index in [9.17, 15) is 14.7 Å². The number of likely N-dealkylation sites (tertiary alicyclic amines) is 1. The van der Waals surface area contributed by atoms with Crippen molar-refractivity contribution < 1.29 is 19.4 Å². The molecule has 1 fully saturated rings. The fourth-order valence-corrected chi connectivity index (χ4v) is 4.09. The normalized spacial score (nSPS) is 18.1. The number of nitrogens with zero attached hydrogens (tertiary/aromatic N) is 2. The number of hydrogen-bond donors (Lipinski definition) is 1. The number of fused-ring (bicyclic) bond motifs is 1. The highest BCUT2D eigenvalue weighted by molar-refractivity contribution is 6.46. The average Bonchev–Trinajstić information content (AvgIpc) is 3.06. The Kier molecular flexibility index (Phi) is 6.32. The highest BCUT2D eigenvalue weighted by Gasteiger charge is 2.46. The molecule has 1 aliphatic heterocycles. The molecule has 164 valence electrons. The maximum atomic E-state index is 13.1. The van der Waals surface area contributed by atoms with Gasteiger partial charge in [-0.3, -0.25) is 14.6 Å². The van der Waals surface area contributed by atoms with Crippen LogP contribution in [0.15, 0.2) is 72.4 Å². The van der Waals surface area contributed by atoms with Crippen LogP contribution in [0, 0.1) is 0 Å². The summed E-state index contributed by atoms with van der Waals surface area (Å²) in [5.74, 6) is -1.51. The third-order valence-electron chi connectivity index (χ3n) is 5.55. The molecule has 1 aliphatic rings. The van der Waals surface area contributed by atoms with Gasteiger partial charge < -0.3 is 14.7 Å². The second-order valence-electron chi connectivity index (χ2n) is 8.05. The molecule has 3 aromatic rings. The number of Topliss-reactive ketones (excluding diaryl/α,β-unsaturated/α-hetero) is 1. The summed E-state index contributed by atoms with van der Waals surface area (Å²) in [5, 5.41) is 13.1. The lowest BCUT2D eigenvalue weighted by Gasteiger charge is -2.24. The van der Waals surface area contributed by atoms with Crippen molar-refractivity contribution in [1.29, 1.82) is 0 Å². The van der Waals surface area contributed by atoms with Crippen molar-refractivity contribution in [2.75, 3.05) is 13.2 Å². The average molecular weight is 431 g/mol. The molecule has 1 aromatic heterocycles. The maximum absolute atomic E-state index is 13.1. The lowest BCUT2D eigenvalue weighted by atomic mass is 9.95. The zero-order valence-corrected chi connectivity index (χ0v) is 18.2. The Hall–Kier alpha value is -3.51. The molecule has 2 heterocycles. The Morgan fingerprint density at radius 2 is 1.81 bits per heavy atom. The van der Waals surface area contributed by atoms with Gasteiger partial charge in [0.15, 0.2) is 0 Å². The summed E-state index contributed by atoms with van der Waals surface area (Å²) in [5.41, 5.74) is 1.12. The molecule has 1 unspecified atom stereocenters. The second-order valence-corrected chi connectivity index (χ2v) is 8.05. The molecule has 32 heavy (non-hydrogen) atoms. The minimum atomic E-state index is -0.755.